The first-order valence-electron chi connectivity index (χ1n) is 8.34. The second kappa shape index (κ2) is 8.56. The fourth-order valence-electron chi connectivity index (χ4n) is 2.78. The largest absolute Gasteiger partial charge is 0.404 e. The van der Waals surface area contributed by atoms with E-state index < -0.39 is 29.7 Å². The molecule has 2 aromatic rings. The lowest BCUT2D eigenvalue weighted by Gasteiger charge is -2.26. The number of carbonyl (C=O) groups is 1. The maximum atomic E-state index is 13.2. The Hall–Kier alpha value is -2.36. The second-order valence-corrected chi connectivity index (χ2v) is 7.04. The summed E-state index contributed by atoms with van der Waals surface area (Å²) < 4.78 is 79.1. The number of nitrogens with zero attached hydrogens (tertiary/aromatic N) is 2. The maximum absolute atomic E-state index is 13.2. The molecule has 158 valence electrons. The Balaban J connectivity index is 2.46. The van der Waals surface area contributed by atoms with Crippen molar-refractivity contribution in [2.24, 2.45) is 5.92 Å². The monoisotopic (exact) mass is 439 g/mol. The van der Waals surface area contributed by atoms with Crippen LogP contribution in [0.3, 0.4) is 0 Å². The Labute approximate surface area is 167 Å². The zero-order valence-electron chi connectivity index (χ0n) is 15.2. The van der Waals surface area contributed by atoms with Gasteiger partial charge < -0.3 is 5.32 Å². The van der Waals surface area contributed by atoms with Gasteiger partial charge in [0.15, 0.2) is 16.8 Å². The first-order valence-corrected chi connectivity index (χ1v) is 8.72. The minimum atomic E-state index is -5.51. The molecule has 0 saturated carbocycles. The van der Waals surface area contributed by atoms with Crippen LogP contribution in [0.5, 0.6) is 0 Å². The van der Waals surface area contributed by atoms with Crippen LogP contribution in [0.15, 0.2) is 30.6 Å². The summed E-state index contributed by atoms with van der Waals surface area (Å²) in [6.45, 7) is 3.31. The summed E-state index contributed by atoms with van der Waals surface area (Å²) in [5.41, 5.74) is -1.27. The quantitative estimate of drug-likeness (QED) is 0.600. The standard InChI is InChI=1S/C18H16ClF6N3O/c1-9(2)7-10-8-11(28-16(29)13-15(19)27-6-5-26-13)3-4-12(10)14(17(20,21)22)18(23,24)25/h3-6,8-9,14H,7H2,1-2H3,(H,28,29). The Morgan fingerprint density at radius 1 is 1.07 bits per heavy atom. The van der Waals surface area contributed by atoms with E-state index in [0.717, 1.165) is 18.2 Å². The molecule has 1 heterocycles. The van der Waals surface area contributed by atoms with E-state index in [-0.39, 0.29) is 34.4 Å². The van der Waals surface area contributed by atoms with E-state index >= 15 is 0 Å². The lowest BCUT2D eigenvalue weighted by molar-refractivity contribution is -0.253. The van der Waals surface area contributed by atoms with E-state index in [1.54, 1.807) is 13.8 Å². The Kier molecular flexibility index (Phi) is 6.77. The highest BCUT2D eigenvalue weighted by molar-refractivity contribution is 6.32. The lowest BCUT2D eigenvalue weighted by Crippen LogP contribution is -2.35. The van der Waals surface area contributed by atoms with E-state index in [9.17, 15) is 31.1 Å². The number of hydrogen-bond acceptors (Lipinski definition) is 3. The van der Waals surface area contributed by atoms with Gasteiger partial charge in [0.2, 0.25) is 0 Å². The predicted octanol–water partition coefficient (Wildman–Crippen LogP) is 5.79. The van der Waals surface area contributed by atoms with Crippen molar-refractivity contribution in [3.05, 3.63) is 52.6 Å². The molecule has 11 heteroatoms. The number of halogens is 7. The van der Waals surface area contributed by atoms with Gasteiger partial charge in [0.25, 0.3) is 5.91 Å². The van der Waals surface area contributed by atoms with Gasteiger partial charge in [-0.3, -0.25) is 4.79 Å². The molecule has 2 rings (SSSR count). The van der Waals surface area contributed by atoms with Gasteiger partial charge >= 0.3 is 12.4 Å². The third kappa shape index (κ3) is 5.81. The third-order valence-electron chi connectivity index (χ3n) is 3.86. The average Bonchev–Trinajstić information content (AvgIpc) is 2.54. The van der Waals surface area contributed by atoms with Gasteiger partial charge in [-0.15, -0.1) is 0 Å². The molecule has 1 aromatic carbocycles. The molecule has 0 spiro atoms. The molecule has 0 fully saturated rings. The maximum Gasteiger partial charge on any atom is 0.404 e. The molecule has 29 heavy (non-hydrogen) atoms. The number of carbonyl (C=O) groups excluding carboxylic acids is 1. The highest BCUT2D eigenvalue weighted by atomic mass is 35.5. The van der Waals surface area contributed by atoms with Crippen LogP contribution in [-0.4, -0.2) is 28.2 Å². The van der Waals surface area contributed by atoms with Gasteiger partial charge in [-0.05, 0) is 35.6 Å². The minimum absolute atomic E-state index is 0.0132. The van der Waals surface area contributed by atoms with Crippen LogP contribution in [0.1, 0.15) is 41.4 Å². The molecule has 1 amide bonds. The highest BCUT2D eigenvalue weighted by Crippen LogP contribution is 2.47. The van der Waals surface area contributed by atoms with Crippen LogP contribution in [0, 0.1) is 5.92 Å². The minimum Gasteiger partial charge on any atom is -0.321 e. The van der Waals surface area contributed by atoms with E-state index in [1.807, 2.05) is 0 Å². The molecule has 1 aromatic heterocycles. The Bertz CT molecular complexity index is 869. The van der Waals surface area contributed by atoms with E-state index in [4.69, 9.17) is 11.6 Å². The summed E-state index contributed by atoms with van der Waals surface area (Å²) in [5, 5.41) is 2.17. The zero-order valence-corrected chi connectivity index (χ0v) is 16.0. The van der Waals surface area contributed by atoms with Crippen molar-refractivity contribution in [2.45, 2.75) is 38.5 Å². The summed E-state index contributed by atoms with van der Waals surface area (Å²) in [4.78, 5) is 19.7. The number of rotatable bonds is 5. The van der Waals surface area contributed by atoms with Crippen LogP contribution in [-0.2, 0) is 6.42 Å². The van der Waals surface area contributed by atoms with Gasteiger partial charge in [-0.2, -0.15) is 26.3 Å². The van der Waals surface area contributed by atoms with Gasteiger partial charge in [0.05, 0.1) is 0 Å². The number of benzene rings is 1. The first kappa shape index (κ1) is 22.9. The second-order valence-electron chi connectivity index (χ2n) is 6.68. The predicted molar refractivity (Wildman–Crippen MR) is 94.8 cm³/mol. The van der Waals surface area contributed by atoms with Gasteiger partial charge in [-0.25, -0.2) is 9.97 Å². The van der Waals surface area contributed by atoms with Crippen molar-refractivity contribution >= 4 is 23.2 Å². The summed E-state index contributed by atoms with van der Waals surface area (Å²) in [5.74, 6) is -4.64. The normalized spacial score (nSPS) is 12.5. The number of hydrogen-bond donors (Lipinski definition) is 1. The molecular formula is C18H16ClF6N3O. The van der Waals surface area contributed by atoms with E-state index in [2.05, 4.69) is 15.3 Å². The SMILES string of the molecule is CC(C)Cc1cc(NC(=O)c2nccnc2Cl)ccc1C(C(F)(F)F)C(F)(F)F. The molecular weight excluding hydrogens is 424 g/mol. The van der Waals surface area contributed by atoms with Crippen LogP contribution in [0.4, 0.5) is 32.0 Å². The van der Waals surface area contributed by atoms with Crippen molar-refractivity contribution in [2.75, 3.05) is 5.32 Å². The zero-order chi connectivity index (χ0) is 22.0. The number of alkyl halides is 6. The van der Waals surface area contributed by atoms with Gasteiger partial charge in [0.1, 0.15) is 0 Å². The summed E-state index contributed by atoms with van der Waals surface area (Å²) in [6.07, 6.45) is -8.61. The lowest BCUT2D eigenvalue weighted by atomic mass is 9.88. The van der Waals surface area contributed by atoms with Gasteiger partial charge in [0, 0.05) is 18.1 Å². The molecule has 0 aliphatic carbocycles. The highest BCUT2D eigenvalue weighted by Gasteiger charge is 2.58. The Morgan fingerprint density at radius 3 is 2.17 bits per heavy atom. The number of amides is 1. The molecule has 1 N–H and O–H groups in total. The Morgan fingerprint density at radius 2 is 1.66 bits per heavy atom. The molecule has 0 bridgehead atoms. The van der Waals surface area contributed by atoms with Crippen LogP contribution in [0.2, 0.25) is 5.15 Å². The number of aromatic nitrogens is 2. The van der Waals surface area contributed by atoms with Crippen molar-refractivity contribution in [3.63, 3.8) is 0 Å². The fourth-order valence-corrected chi connectivity index (χ4v) is 2.97. The average molecular weight is 440 g/mol. The fraction of sp³-hybridized carbons (Fsp3) is 0.389. The number of nitrogens with one attached hydrogen (secondary N) is 1. The van der Waals surface area contributed by atoms with Crippen LogP contribution in [0.25, 0.3) is 0 Å². The van der Waals surface area contributed by atoms with Crippen molar-refractivity contribution < 1.29 is 31.1 Å². The van der Waals surface area contributed by atoms with Gasteiger partial charge in [-0.1, -0.05) is 31.5 Å². The third-order valence-corrected chi connectivity index (χ3v) is 4.14. The van der Waals surface area contributed by atoms with E-state index in [0.29, 0.717) is 0 Å². The smallest absolute Gasteiger partial charge is 0.321 e. The van der Waals surface area contributed by atoms with Crippen LogP contribution >= 0.6 is 11.6 Å². The molecule has 0 radical (unpaired) electrons. The molecule has 0 aliphatic heterocycles. The summed E-state index contributed by atoms with van der Waals surface area (Å²) >= 11 is 5.77. The van der Waals surface area contributed by atoms with Crippen molar-refractivity contribution in [1.29, 1.82) is 0 Å². The van der Waals surface area contributed by atoms with Crippen molar-refractivity contribution in [1.82, 2.24) is 9.97 Å². The van der Waals surface area contributed by atoms with Crippen molar-refractivity contribution in [3.8, 4) is 0 Å². The van der Waals surface area contributed by atoms with E-state index in [1.165, 1.54) is 12.4 Å². The molecule has 0 unspecified atom stereocenters. The molecule has 4 nitrogen and oxygen atoms in total. The topological polar surface area (TPSA) is 54.9 Å². The first-order chi connectivity index (χ1) is 13.3. The number of anilines is 1. The molecule has 0 atom stereocenters. The molecule has 0 aliphatic rings. The summed E-state index contributed by atoms with van der Waals surface area (Å²) in [7, 11) is 0. The van der Waals surface area contributed by atoms with Crippen LogP contribution < -0.4 is 5.32 Å². The molecule has 0 saturated heterocycles. The summed E-state index contributed by atoms with van der Waals surface area (Å²) in [6, 6.07) is 2.81.